The van der Waals surface area contributed by atoms with E-state index in [0.29, 0.717) is 17.9 Å². The Bertz CT molecular complexity index is 1140. The van der Waals surface area contributed by atoms with Gasteiger partial charge < -0.3 is 19.6 Å². The Hall–Kier alpha value is -2.69. The SMILES string of the molecule is C[C@@H]1CN([C@H](C)CO)C(=O)Cc2cc(N(C)C)ccc2O[C@@H]1CN(C)S(=O)(=O)c1ccc(F)cc1. The summed E-state index contributed by atoms with van der Waals surface area (Å²) in [6, 6.07) is 9.86. The first-order valence-electron chi connectivity index (χ1n) is 11.5. The molecule has 0 unspecified atom stereocenters. The third-order valence-corrected chi connectivity index (χ3v) is 8.21. The lowest BCUT2D eigenvalue weighted by Crippen LogP contribution is -2.48. The van der Waals surface area contributed by atoms with Crippen molar-refractivity contribution in [1.29, 1.82) is 0 Å². The second kappa shape index (κ2) is 10.9. The number of anilines is 1. The summed E-state index contributed by atoms with van der Waals surface area (Å²) in [5, 5.41) is 9.75. The van der Waals surface area contributed by atoms with Gasteiger partial charge in [-0.2, -0.15) is 4.31 Å². The fourth-order valence-electron chi connectivity index (χ4n) is 4.05. The Balaban J connectivity index is 1.97. The van der Waals surface area contributed by atoms with E-state index in [4.69, 9.17) is 4.74 Å². The van der Waals surface area contributed by atoms with Crippen molar-refractivity contribution in [3.63, 3.8) is 0 Å². The highest BCUT2D eigenvalue weighted by molar-refractivity contribution is 7.89. The molecule has 192 valence electrons. The van der Waals surface area contributed by atoms with Crippen molar-refractivity contribution in [3.8, 4) is 5.75 Å². The van der Waals surface area contributed by atoms with Crippen LogP contribution in [0.25, 0.3) is 0 Å². The zero-order chi connectivity index (χ0) is 25.9. The molecule has 1 aliphatic heterocycles. The molecule has 0 radical (unpaired) electrons. The molecule has 0 saturated heterocycles. The van der Waals surface area contributed by atoms with Crippen LogP contribution in [0.4, 0.5) is 10.1 Å². The summed E-state index contributed by atoms with van der Waals surface area (Å²) in [4.78, 5) is 16.8. The molecule has 3 atom stereocenters. The van der Waals surface area contributed by atoms with Crippen molar-refractivity contribution in [2.24, 2.45) is 5.92 Å². The van der Waals surface area contributed by atoms with Crippen LogP contribution in [-0.2, 0) is 21.2 Å². The number of sulfonamides is 1. The molecule has 3 rings (SSSR count). The van der Waals surface area contributed by atoms with Crippen molar-refractivity contribution in [2.45, 2.75) is 37.3 Å². The molecule has 1 aliphatic rings. The normalized spacial score (nSPS) is 19.9. The highest BCUT2D eigenvalue weighted by Gasteiger charge is 2.33. The summed E-state index contributed by atoms with van der Waals surface area (Å²) in [6.07, 6.45) is -0.483. The highest BCUT2D eigenvalue weighted by Crippen LogP contribution is 2.30. The number of hydrogen-bond donors (Lipinski definition) is 1. The maximum Gasteiger partial charge on any atom is 0.242 e. The molecule has 1 heterocycles. The Morgan fingerprint density at radius 3 is 2.43 bits per heavy atom. The third-order valence-electron chi connectivity index (χ3n) is 6.38. The van der Waals surface area contributed by atoms with Crippen LogP contribution in [0.5, 0.6) is 5.75 Å². The lowest BCUT2D eigenvalue weighted by molar-refractivity contribution is -0.134. The van der Waals surface area contributed by atoms with Crippen LogP contribution < -0.4 is 9.64 Å². The third kappa shape index (κ3) is 6.12. The molecule has 0 saturated carbocycles. The molecule has 2 aromatic carbocycles. The maximum atomic E-state index is 13.3. The number of likely N-dealkylation sites (N-methyl/N-ethyl adjacent to an activating group) is 1. The molecule has 1 amide bonds. The van der Waals surface area contributed by atoms with Crippen LogP contribution >= 0.6 is 0 Å². The van der Waals surface area contributed by atoms with E-state index in [2.05, 4.69) is 0 Å². The van der Waals surface area contributed by atoms with Crippen molar-refractivity contribution in [3.05, 3.63) is 53.8 Å². The number of carbonyl (C=O) groups excluding carboxylic acids is 1. The van der Waals surface area contributed by atoms with Crippen molar-refractivity contribution < 1.29 is 27.4 Å². The molecule has 35 heavy (non-hydrogen) atoms. The Labute approximate surface area is 207 Å². The van der Waals surface area contributed by atoms with Gasteiger partial charge in [0, 0.05) is 44.9 Å². The molecular formula is C25H34FN3O5S. The van der Waals surface area contributed by atoms with Crippen molar-refractivity contribution >= 4 is 21.6 Å². The quantitative estimate of drug-likeness (QED) is 0.619. The topological polar surface area (TPSA) is 90.4 Å². The summed E-state index contributed by atoms with van der Waals surface area (Å²) in [5.41, 5.74) is 1.60. The number of rotatable bonds is 7. The van der Waals surface area contributed by atoms with Gasteiger partial charge in [-0.05, 0) is 49.4 Å². The van der Waals surface area contributed by atoms with E-state index in [1.165, 1.54) is 23.5 Å². The number of ether oxygens (including phenoxy) is 1. The smallest absolute Gasteiger partial charge is 0.242 e. The second-order valence-electron chi connectivity index (χ2n) is 9.31. The number of benzene rings is 2. The lowest BCUT2D eigenvalue weighted by atomic mass is 10.0. The fourth-order valence-corrected chi connectivity index (χ4v) is 5.23. The van der Waals surface area contributed by atoms with Crippen LogP contribution in [-0.4, -0.2) is 81.6 Å². The number of nitrogens with zero attached hydrogens (tertiary/aromatic N) is 3. The van der Waals surface area contributed by atoms with Gasteiger partial charge in [-0.15, -0.1) is 0 Å². The lowest BCUT2D eigenvalue weighted by Gasteiger charge is -2.33. The summed E-state index contributed by atoms with van der Waals surface area (Å²) >= 11 is 0. The zero-order valence-electron chi connectivity index (χ0n) is 20.8. The standard InChI is InChI=1S/C25H34FN3O5S/c1-17-14-29(18(2)16-30)25(31)13-19-12-21(27(3)4)8-11-23(19)34-24(17)15-28(5)35(32,33)22-9-6-20(26)7-10-22/h6-12,17-18,24,30H,13-16H2,1-5H3/t17-,18-,24-/m1/s1. The van der Waals surface area contributed by atoms with Gasteiger partial charge in [0.05, 0.1) is 30.5 Å². The van der Waals surface area contributed by atoms with Crippen LogP contribution in [0.2, 0.25) is 0 Å². The monoisotopic (exact) mass is 507 g/mol. The van der Waals surface area contributed by atoms with Crippen molar-refractivity contribution in [1.82, 2.24) is 9.21 Å². The van der Waals surface area contributed by atoms with Gasteiger partial charge in [0.15, 0.2) is 0 Å². The molecule has 0 fully saturated rings. The van der Waals surface area contributed by atoms with E-state index in [1.54, 1.807) is 17.9 Å². The van der Waals surface area contributed by atoms with Crippen LogP contribution in [0.15, 0.2) is 47.4 Å². The minimum atomic E-state index is -3.89. The average Bonchev–Trinajstić information content (AvgIpc) is 2.86. The number of aliphatic hydroxyl groups excluding tert-OH is 1. The molecule has 0 aliphatic carbocycles. The van der Waals surface area contributed by atoms with E-state index in [1.807, 2.05) is 38.1 Å². The number of fused-ring (bicyclic) bond motifs is 1. The predicted molar refractivity (Wildman–Crippen MR) is 133 cm³/mol. The number of carbonyl (C=O) groups is 1. The van der Waals surface area contributed by atoms with E-state index in [-0.39, 0.29) is 36.3 Å². The first-order chi connectivity index (χ1) is 16.4. The number of aliphatic hydroxyl groups is 1. The summed E-state index contributed by atoms with van der Waals surface area (Å²) in [7, 11) is 1.37. The van der Waals surface area contributed by atoms with Gasteiger partial charge in [0.2, 0.25) is 15.9 Å². The summed E-state index contributed by atoms with van der Waals surface area (Å²) in [6.45, 7) is 3.80. The van der Waals surface area contributed by atoms with Crippen LogP contribution in [0.3, 0.4) is 0 Å². The van der Waals surface area contributed by atoms with E-state index >= 15 is 0 Å². The zero-order valence-corrected chi connectivity index (χ0v) is 21.6. The number of amides is 1. The fraction of sp³-hybridized carbons (Fsp3) is 0.480. The summed E-state index contributed by atoms with van der Waals surface area (Å²) in [5.74, 6) is -0.381. The van der Waals surface area contributed by atoms with Gasteiger partial charge in [-0.1, -0.05) is 6.92 Å². The summed E-state index contributed by atoms with van der Waals surface area (Å²) < 4.78 is 47.1. The first kappa shape index (κ1) is 26.9. The second-order valence-corrected chi connectivity index (χ2v) is 11.4. The van der Waals surface area contributed by atoms with E-state index < -0.39 is 28.0 Å². The van der Waals surface area contributed by atoms with E-state index in [9.17, 15) is 22.7 Å². The van der Waals surface area contributed by atoms with Crippen molar-refractivity contribution in [2.75, 3.05) is 45.7 Å². The molecule has 1 N–H and O–H groups in total. The van der Waals surface area contributed by atoms with Gasteiger partial charge in [-0.25, -0.2) is 12.8 Å². The molecule has 2 aromatic rings. The number of hydrogen-bond acceptors (Lipinski definition) is 6. The molecule has 0 aromatic heterocycles. The van der Waals surface area contributed by atoms with E-state index in [0.717, 1.165) is 17.8 Å². The first-order valence-corrected chi connectivity index (χ1v) is 13.0. The van der Waals surface area contributed by atoms with Crippen LogP contribution in [0, 0.1) is 11.7 Å². The van der Waals surface area contributed by atoms with Gasteiger partial charge in [0.25, 0.3) is 0 Å². The molecule has 0 bridgehead atoms. The van der Waals surface area contributed by atoms with Gasteiger partial charge in [-0.3, -0.25) is 4.79 Å². The number of halogens is 1. The Morgan fingerprint density at radius 1 is 1.17 bits per heavy atom. The van der Waals surface area contributed by atoms with Gasteiger partial charge in [0.1, 0.15) is 17.7 Å². The Kier molecular flexibility index (Phi) is 8.40. The predicted octanol–water partition coefficient (Wildman–Crippen LogP) is 2.36. The highest BCUT2D eigenvalue weighted by atomic mass is 32.2. The van der Waals surface area contributed by atoms with Gasteiger partial charge >= 0.3 is 0 Å². The average molecular weight is 508 g/mol. The molecule has 0 spiro atoms. The molecular weight excluding hydrogens is 473 g/mol. The maximum absolute atomic E-state index is 13.3. The Morgan fingerprint density at radius 2 is 1.83 bits per heavy atom. The molecule has 10 heteroatoms. The minimum Gasteiger partial charge on any atom is -0.488 e. The largest absolute Gasteiger partial charge is 0.488 e. The minimum absolute atomic E-state index is 0.0150. The van der Waals surface area contributed by atoms with Crippen LogP contribution in [0.1, 0.15) is 19.4 Å². The molecule has 8 nitrogen and oxygen atoms in total.